The van der Waals surface area contributed by atoms with Crippen molar-refractivity contribution in [3.05, 3.63) is 24.3 Å². The first-order valence-corrected chi connectivity index (χ1v) is 7.53. The number of carbonyl (C=O) groups excluding carboxylic acids is 2. The van der Waals surface area contributed by atoms with Gasteiger partial charge < -0.3 is 20.7 Å². The number of ether oxygens (including phenoxy) is 1. The third kappa shape index (κ3) is 7.64. The van der Waals surface area contributed by atoms with Crippen LogP contribution in [0.2, 0.25) is 0 Å². The molecule has 0 fully saturated rings. The Morgan fingerprint density at radius 1 is 1.09 bits per heavy atom. The van der Waals surface area contributed by atoms with Crippen molar-refractivity contribution >= 4 is 23.3 Å². The van der Waals surface area contributed by atoms with Crippen LogP contribution in [-0.4, -0.2) is 31.7 Å². The van der Waals surface area contributed by atoms with E-state index in [0.717, 1.165) is 0 Å². The molecule has 1 aromatic carbocycles. The molecule has 0 atom stereocenters. The molecule has 0 spiro atoms. The van der Waals surface area contributed by atoms with Crippen LogP contribution in [0.4, 0.5) is 16.2 Å². The molecular formula is C16H25N3O3. The molecule has 3 amide bonds. The molecule has 0 aliphatic heterocycles. The van der Waals surface area contributed by atoms with Crippen molar-refractivity contribution in [1.29, 1.82) is 0 Å². The van der Waals surface area contributed by atoms with Crippen LogP contribution in [0.3, 0.4) is 0 Å². The van der Waals surface area contributed by atoms with E-state index < -0.39 is 0 Å². The summed E-state index contributed by atoms with van der Waals surface area (Å²) in [6, 6.07) is 6.72. The summed E-state index contributed by atoms with van der Waals surface area (Å²) in [4.78, 5) is 23.3. The highest BCUT2D eigenvalue weighted by molar-refractivity contribution is 5.92. The Kier molecular flexibility index (Phi) is 7.99. The van der Waals surface area contributed by atoms with Crippen LogP contribution < -0.4 is 16.0 Å². The van der Waals surface area contributed by atoms with Gasteiger partial charge in [0, 0.05) is 30.9 Å². The van der Waals surface area contributed by atoms with Gasteiger partial charge in [0.1, 0.15) is 0 Å². The average Bonchev–Trinajstić information content (AvgIpc) is 2.45. The Morgan fingerprint density at radius 2 is 1.68 bits per heavy atom. The number of hydrogen-bond acceptors (Lipinski definition) is 3. The topological polar surface area (TPSA) is 79.5 Å². The van der Waals surface area contributed by atoms with Gasteiger partial charge in [0.2, 0.25) is 5.91 Å². The van der Waals surface area contributed by atoms with Crippen molar-refractivity contribution in [2.24, 2.45) is 5.92 Å². The lowest BCUT2D eigenvalue weighted by Gasteiger charge is -2.10. The fourth-order valence-electron chi connectivity index (χ4n) is 1.78. The maximum absolute atomic E-state index is 11.7. The van der Waals surface area contributed by atoms with Crippen molar-refractivity contribution in [2.45, 2.75) is 27.2 Å². The molecule has 0 saturated heterocycles. The number of benzene rings is 1. The third-order valence-corrected chi connectivity index (χ3v) is 2.76. The molecule has 0 radical (unpaired) electrons. The van der Waals surface area contributed by atoms with Crippen LogP contribution in [0, 0.1) is 5.92 Å². The maximum atomic E-state index is 11.7. The summed E-state index contributed by atoms with van der Waals surface area (Å²) in [7, 11) is 0. The number of amides is 3. The molecule has 0 saturated carbocycles. The van der Waals surface area contributed by atoms with E-state index in [1.165, 1.54) is 0 Å². The largest absolute Gasteiger partial charge is 0.380 e. The van der Waals surface area contributed by atoms with E-state index in [1.54, 1.807) is 24.3 Å². The van der Waals surface area contributed by atoms with Gasteiger partial charge in [0.25, 0.3) is 0 Å². The summed E-state index contributed by atoms with van der Waals surface area (Å²) in [5.74, 6) is 0.311. The molecule has 6 heteroatoms. The number of rotatable bonds is 8. The zero-order valence-corrected chi connectivity index (χ0v) is 13.4. The first-order valence-electron chi connectivity index (χ1n) is 7.53. The Labute approximate surface area is 131 Å². The average molecular weight is 307 g/mol. The van der Waals surface area contributed by atoms with Crippen molar-refractivity contribution in [3.63, 3.8) is 0 Å². The summed E-state index contributed by atoms with van der Waals surface area (Å²) < 4.78 is 5.13. The van der Waals surface area contributed by atoms with Crippen molar-refractivity contribution < 1.29 is 14.3 Å². The maximum Gasteiger partial charge on any atom is 0.319 e. The Balaban J connectivity index is 2.38. The van der Waals surface area contributed by atoms with E-state index in [4.69, 9.17) is 4.74 Å². The molecule has 1 aromatic rings. The first kappa shape index (κ1) is 18.0. The lowest BCUT2D eigenvalue weighted by atomic mass is 10.1. The number of nitrogens with one attached hydrogen (secondary N) is 3. The molecule has 0 aromatic heterocycles. The third-order valence-electron chi connectivity index (χ3n) is 2.76. The molecule has 3 N–H and O–H groups in total. The van der Waals surface area contributed by atoms with E-state index in [-0.39, 0.29) is 11.9 Å². The molecule has 0 aliphatic rings. The van der Waals surface area contributed by atoms with E-state index >= 15 is 0 Å². The zero-order valence-electron chi connectivity index (χ0n) is 13.4. The molecule has 0 heterocycles. The van der Waals surface area contributed by atoms with E-state index in [0.29, 0.717) is 43.5 Å². The summed E-state index contributed by atoms with van der Waals surface area (Å²) in [6.45, 7) is 7.48. The second-order valence-corrected chi connectivity index (χ2v) is 5.30. The fraction of sp³-hybridized carbons (Fsp3) is 0.500. The summed E-state index contributed by atoms with van der Waals surface area (Å²) in [6.07, 6.45) is 0.488. The van der Waals surface area contributed by atoms with Gasteiger partial charge in [-0.2, -0.15) is 0 Å². The molecular weight excluding hydrogens is 282 g/mol. The molecule has 0 bridgehead atoms. The fourth-order valence-corrected chi connectivity index (χ4v) is 1.78. The van der Waals surface area contributed by atoms with Gasteiger partial charge in [-0.3, -0.25) is 4.79 Å². The first-order chi connectivity index (χ1) is 10.5. The van der Waals surface area contributed by atoms with Crippen molar-refractivity contribution in [1.82, 2.24) is 5.32 Å². The SMILES string of the molecule is CCOCCNC(=O)Nc1ccc(NC(=O)CC(C)C)cc1. The summed E-state index contributed by atoms with van der Waals surface area (Å²) in [5.41, 5.74) is 1.38. The van der Waals surface area contributed by atoms with Gasteiger partial charge in [0.05, 0.1) is 6.61 Å². The zero-order chi connectivity index (χ0) is 16.4. The van der Waals surface area contributed by atoms with Crippen LogP contribution in [0.25, 0.3) is 0 Å². The highest BCUT2D eigenvalue weighted by atomic mass is 16.5. The summed E-state index contributed by atoms with van der Waals surface area (Å²) >= 11 is 0. The van der Waals surface area contributed by atoms with Crippen molar-refractivity contribution in [2.75, 3.05) is 30.4 Å². The lowest BCUT2D eigenvalue weighted by Crippen LogP contribution is -2.31. The number of anilines is 2. The Morgan fingerprint density at radius 3 is 2.23 bits per heavy atom. The highest BCUT2D eigenvalue weighted by Crippen LogP contribution is 2.14. The van der Waals surface area contributed by atoms with E-state index in [2.05, 4.69) is 16.0 Å². The van der Waals surface area contributed by atoms with Gasteiger partial charge in [-0.25, -0.2) is 4.79 Å². The van der Waals surface area contributed by atoms with Crippen molar-refractivity contribution in [3.8, 4) is 0 Å². The highest BCUT2D eigenvalue weighted by Gasteiger charge is 2.06. The predicted octanol–water partition coefficient (Wildman–Crippen LogP) is 2.83. The smallest absolute Gasteiger partial charge is 0.319 e. The van der Waals surface area contributed by atoms with Crippen LogP contribution in [0.5, 0.6) is 0 Å². The van der Waals surface area contributed by atoms with Crippen LogP contribution in [0.1, 0.15) is 27.2 Å². The monoisotopic (exact) mass is 307 g/mol. The molecule has 122 valence electrons. The molecule has 0 unspecified atom stereocenters. The number of carbonyl (C=O) groups is 2. The number of urea groups is 1. The minimum Gasteiger partial charge on any atom is -0.380 e. The van der Waals surface area contributed by atoms with E-state index in [1.807, 2.05) is 20.8 Å². The molecule has 0 aliphatic carbocycles. The van der Waals surface area contributed by atoms with Crippen LogP contribution in [0.15, 0.2) is 24.3 Å². The van der Waals surface area contributed by atoms with Crippen LogP contribution >= 0.6 is 0 Å². The number of hydrogen-bond donors (Lipinski definition) is 3. The van der Waals surface area contributed by atoms with Gasteiger partial charge in [-0.15, -0.1) is 0 Å². The minimum atomic E-state index is -0.281. The molecule has 22 heavy (non-hydrogen) atoms. The summed E-state index contributed by atoms with van der Waals surface area (Å²) in [5, 5.41) is 8.22. The van der Waals surface area contributed by atoms with Gasteiger partial charge in [0.15, 0.2) is 0 Å². The van der Waals surface area contributed by atoms with Gasteiger partial charge >= 0.3 is 6.03 Å². The standard InChI is InChI=1S/C16H25N3O3/c1-4-22-10-9-17-16(21)19-14-7-5-13(6-8-14)18-15(20)11-12(2)3/h5-8,12H,4,9-11H2,1-3H3,(H,18,20)(H2,17,19,21). The quantitative estimate of drug-likeness (QED) is 0.646. The molecule has 6 nitrogen and oxygen atoms in total. The Bertz CT molecular complexity index is 472. The van der Waals surface area contributed by atoms with Gasteiger partial charge in [-0.05, 0) is 37.1 Å². The normalized spacial score (nSPS) is 10.4. The minimum absolute atomic E-state index is 0.00984. The second-order valence-electron chi connectivity index (χ2n) is 5.30. The second kappa shape index (κ2) is 9.78. The van der Waals surface area contributed by atoms with Gasteiger partial charge in [-0.1, -0.05) is 13.8 Å². The molecule has 1 rings (SSSR count). The Hall–Kier alpha value is -2.08. The lowest BCUT2D eigenvalue weighted by molar-refractivity contribution is -0.116. The van der Waals surface area contributed by atoms with E-state index in [9.17, 15) is 9.59 Å². The predicted molar refractivity (Wildman–Crippen MR) is 88.0 cm³/mol. The van der Waals surface area contributed by atoms with Crippen LogP contribution in [-0.2, 0) is 9.53 Å².